The van der Waals surface area contributed by atoms with Gasteiger partial charge in [-0.25, -0.2) is 12.7 Å². The molecule has 10 heteroatoms. The number of aromatic nitrogens is 1. The predicted octanol–water partition coefficient (Wildman–Crippen LogP) is 0.975. The van der Waals surface area contributed by atoms with Crippen LogP contribution < -0.4 is 5.32 Å². The van der Waals surface area contributed by atoms with Crippen LogP contribution in [0.1, 0.15) is 46.2 Å². The van der Waals surface area contributed by atoms with Crippen molar-refractivity contribution in [2.75, 3.05) is 31.7 Å². The van der Waals surface area contributed by atoms with Crippen molar-refractivity contribution in [1.29, 1.82) is 0 Å². The quantitative estimate of drug-likeness (QED) is 0.728. The Kier molecular flexibility index (Phi) is 6.05. The molecule has 2 rings (SSSR count). The maximum Gasteiger partial charge on any atom is 0.246 e. The van der Waals surface area contributed by atoms with E-state index in [9.17, 15) is 18.3 Å². The van der Waals surface area contributed by atoms with Crippen molar-refractivity contribution >= 4 is 21.8 Å². The molecule has 154 valence electrons. The number of sulfonamides is 1. The van der Waals surface area contributed by atoms with Crippen LogP contribution in [0.3, 0.4) is 0 Å². The third-order valence-electron chi connectivity index (χ3n) is 5.25. The van der Waals surface area contributed by atoms with E-state index >= 15 is 0 Å². The summed E-state index contributed by atoms with van der Waals surface area (Å²) in [5.74, 6) is -0.0977. The van der Waals surface area contributed by atoms with Crippen molar-refractivity contribution in [3.63, 3.8) is 0 Å². The van der Waals surface area contributed by atoms with Crippen LogP contribution in [0.25, 0.3) is 0 Å². The first-order valence-electron chi connectivity index (χ1n) is 8.92. The van der Waals surface area contributed by atoms with E-state index in [1.165, 1.54) is 16.6 Å². The van der Waals surface area contributed by atoms with Gasteiger partial charge in [0, 0.05) is 25.2 Å². The van der Waals surface area contributed by atoms with Gasteiger partial charge >= 0.3 is 0 Å². The van der Waals surface area contributed by atoms with E-state index in [2.05, 4.69) is 10.5 Å². The molecular weight excluding hydrogens is 372 g/mol. The van der Waals surface area contributed by atoms with Crippen molar-refractivity contribution in [2.24, 2.45) is 0 Å². The van der Waals surface area contributed by atoms with Gasteiger partial charge in [-0.3, -0.25) is 15.0 Å². The molecular formula is C17H30N4O5S. The highest BCUT2D eigenvalue weighted by molar-refractivity contribution is 7.88. The number of carbonyl (C=O) groups excluding carboxylic acids is 1. The number of likely N-dealkylation sites (N-methyl/N-ethyl adjacent to an activating group) is 1. The zero-order valence-electron chi connectivity index (χ0n) is 16.8. The van der Waals surface area contributed by atoms with Gasteiger partial charge < -0.3 is 9.63 Å². The average Bonchev–Trinajstić information content (AvgIpc) is 3.02. The van der Waals surface area contributed by atoms with E-state index < -0.39 is 21.2 Å². The van der Waals surface area contributed by atoms with Crippen molar-refractivity contribution in [3.8, 4) is 0 Å². The average molecular weight is 403 g/mol. The Morgan fingerprint density at radius 3 is 2.33 bits per heavy atom. The Labute approximate surface area is 160 Å². The number of aliphatic hydroxyl groups is 1. The molecule has 1 fully saturated rings. The number of piperidine rings is 1. The molecule has 1 aliphatic heterocycles. The van der Waals surface area contributed by atoms with Gasteiger partial charge in [0.1, 0.15) is 11.3 Å². The van der Waals surface area contributed by atoms with Gasteiger partial charge in [0.15, 0.2) is 0 Å². The van der Waals surface area contributed by atoms with Gasteiger partial charge in [-0.1, -0.05) is 5.16 Å². The predicted molar refractivity (Wildman–Crippen MR) is 102 cm³/mol. The summed E-state index contributed by atoms with van der Waals surface area (Å²) in [6.45, 7) is 7.66. The molecule has 27 heavy (non-hydrogen) atoms. The Morgan fingerprint density at radius 2 is 1.89 bits per heavy atom. The second kappa shape index (κ2) is 7.50. The SMILES string of the molecule is CN(C1CCN(S(C)(=O)=O)CC1)C(C)(C)C(=O)Nc1cc(C(C)(C)O)no1. The van der Waals surface area contributed by atoms with Crippen LogP contribution in [0.2, 0.25) is 0 Å². The smallest absolute Gasteiger partial charge is 0.246 e. The van der Waals surface area contributed by atoms with Gasteiger partial charge in [0.25, 0.3) is 0 Å². The summed E-state index contributed by atoms with van der Waals surface area (Å²) < 4.78 is 29.9. The molecule has 2 heterocycles. The topological polar surface area (TPSA) is 116 Å². The molecule has 0 radical (unpaired) electrons. The minimum absolute atomic E-state index is 0.0883. The first kappa shape index (κ1) is 21.8. The minimum Gasteiger partial charge on any atom is -0.384 e. The van der Waals surface area contributed by atoms with Crippen molar-refractivity contribution in [3.05, 3.63) is 11.8 Å². The highest BCUT2D eigenvalue weighted by Crippen LogP contribution is 2.26. The molecule has 0 aliphatic carbocycles. The fourth-order valence-electron chi connectivity index (χ4n) is 3.07. The third-order valence-corrected chi connectivity index (χ3v) is 6.55. The second-order valence-electron chi connectivity index (χ2n) is 8.15. The second-order valence-corrected chi connectivity index (χ2v) is 10.1. The van der Waals surface area contributed by atoms with E-state index in [4.69, 9.17) is 4.52 Å². The molecule has 2 N–H and O–H groups in total. The zero-order valence-corrected chi connectivity index (χ0v) is 17.6. The Hall–Kier alpha value is -1.49. The molecule has 1 aromatic heterocycles. The molecule has 1 aromatic rings. The Bertz CT molecular complexity index is 773. The largest absolute Gasteiger partial charge is 0.384 e. The van der Waals surface area contributed by atoms with Gasteiger partial charge in [-0.15, -0.1) is 0 Å². The maximum absolute atomic E-state index is 12.8. The molecule has 9 nitrogen and oxygen atoms in total. The minimum atomic E-state index is -3.18. The summed E-state index contributed by atoms with van der Waals surface area (Å²) in [6.07, 6.45) is 2.53. The van der Waals surface area contributed by atoms with E-state index in [0.717, 1.165) is 0 Å². The first-order valence-corrected chi connectivity index (χ1v) is 10.8. The first-order chi connectivity index (χ1) is 12.2. The zero-order chi connectivity index (χ0) is 20.6. The lowest BCUT2D eigenvalue weighted by molar-refractivity contribution is -0.127. The lowest BCUT2D eigenvalue weighted by Crippen LogP contribution is -2.57. The summed E-state index contributed by atoms with van der Waals surface area (Å²) in [5, 5.41) is 16.4. The van der Waals surface area contributed by atoms with Crippen LogP contribution in [0.15, 0.2) is 10.6 Å². The number of nitrogens with zero attached hydrogens (tertiary/aromatic N) is 3. The van der Waals surface area contributed by atoms with Crippen molar-refractivity contribution in [2.45, 2.75) is 57.7 Å². The molecule has 1 saturated heterocycles. The number of hydrogen-bond acceptors (Lipinski definition) is 7. The lowest BCUT2D eigenvalue weighted by Gasteiger charge is -2.43. The fraction of sp³-hybridized carbons (Fsp3) is 0.765. The van der Waals surface area contributed by atoms with Crippen molar-refractivity contribution in [1.82, 2.24) is 14.4 Å². The van der Waals surface area contributed by atoms with Crippen LogP contribution in [0.4, 0.5) is 5.88 Å². The summed E-state index contributed by atoms with van der Waals surface area (Å²) >= 11 is 0. The number of carbonyl (C=O) groups is 1. The molecule has 0 atom stereocenters. The van der Waals surface area contributed by atoms with Gasteiger partial charge in [-0.05, 0) is 47.6 Å². The Balaban J connectivity index is 2.02. The number of rotatable bonds is 6. The highest BCUT2D eigenvalue weighted by atomic mass is 32.2. The van der Waals surface area contributed by atoms with E-state index in [1.807, 2.05) is 11.9 Å². The normalized spacial score (nSPS) is 18.1. The fourth-order valence-corrected chi connectivity index (χ4v) is 3.94. The molecule has 0 unspecified atom stereocenters. The number of anilines is 1. The number of hydrogen-bond donors (Lipinski definition) is 2. The maximum atomic E-state index is 12.8. The molecule has 0 bridgehead atoms. The molecule has 0 saturated carbocycles. The van der Waals surface area contributed by atoms with Gasteiger partial charge in [-0.2, -0.15) is 0 Å². The van der Waals surface area contributed by atoms with E-state index in [-0.39, 0.29) is 17.8 Å². The van der Waals surface area contributed by atoms with Gasteiger partial charge in [0.2, 0.25) is 21.8 Å². The number of amides is 1. The molecule has 1 amide bonds. The summed E-state index contributed by atoms with van der Waals surface area (Å²) in [5.41, 5.74) is -1.68. The number of nitrogens with one attached hydrogen (secondary N) is 1. The molecule has 0 aromatic carbocycles. The molecule has 1 aliphatic rings. The van der Waals surface area contributed by atoms with E-state index in [0.29, 0.717) is 31.6 Å². The van der Waals surface area contributed by atoms with Crippen LogP contribution >= 0.6 is 0 Å². The van der Waals surface area contributed by atoms with Crippen LogP contribution in [0, 0.1) is 0 Å². The monoisotopic (exact) mass is 402 g/mol. The van der Waals surface area contributed by atoms with Gasteiger partial charge in [0.05, 0.1) is 11.8 Å². The highest BCUT2D eigenvalue weighted by Gasteiger charge is 2.39. The summed E-state index contributed by atoms with van der Waals surface area (Å²) in [4.78, 5) is 14.8. The summed E-state index contributed by atoms with van der Waals surface area (Å²) in [7, 11) is -1.32. The Morgan fingerprint density at radius 1 is 1.33 bits per heavy atom. The molecule has 0 spiro atoms. The van der Waals surface area contributed by atoms with Crippen LogP contribution in [0.5, 0.6) is 0 Å². The van der Waals surface area contributed by atoms with Crippen molar-refractivity contribution < 1.29 is 22.8 Å². The summed E-state index contributed by atoms with van der Waals surface area (Å²) in [6, 6.07) is 1.59. The van der Waals surface area contributed by atoms with Crippen LogP contribution in [-0.2, 0) is 20.4 Å². The standard InChI is InChI=1S/C17H30N4O5S/c1-16(2,15(22)18-14-11-13(19-26-14)17(3,4)23)20(5)12-7-9-21(10-8-12)27(6,24)25/h11-12,23H,7-10H2,1-6H3,(H,18,22). The third kappa shape index (κ3) is 5.07. The van der Waals surface area contributed by atoms with Crippen LogP contribution in [-0.4, -0.2) is 71.8 Å². The lowest BCUT2D eigenvalue weighted by atomic mass is 9.95. The van der Waals surface area contributed by atoms with E-state index in [1.54, 1.807) is 27.7 Å².